The van der Waals surface area contributed by atoms with E-state index < -0.39 is 5.92 Å². The fourth-order valence-corrected chi connectivity index (χ4v) is 3.43. The largest absolute Gasteiger partial charge is 0.327 e. The van der Waals surface area contributed by atoms with Crippen molar-refractivity contribution in [1.29, 1.82) is 0 Å². The van der Waals surface area contributed by atoms with Gasteiger partial charge in [-0.25, -0.2) is 8.78 Å². The Hall–Kier alpha value is -0.220. The van der Waals surface area contributed by atoms with Gasteiger partial charge in [-0.15, -0.1) is 0 Å². The van der Waals surface area contributed by atoms with Crippen molar-refractivity contribution >= 4 is 0 Å². The molecule has 2 nitrogen and oxygen atoms in total. The molecule has 2 aliphatic rings. The van der Waals surface area contributed by atoms with Gasteiger partial charge in [0.25, 0.3) is 0 Å². The Morgan fingerprint density at radius 2 is 1.71 bits per heavy atom. The number of likely N-dealkylation sites (tertiary alicyclic amines) is 1. The molecule has 0 aromatic heterocycles. The zero-order valence-corrected chi connectivity index (χ0v) is 11.1. The van der Waals surface area contributed by atoms with Gasteiger partial charge in [0.2, 0.25) is 5.92 Å². The van der Waals surface area contributed by atoms with Gasteiger partial charge in [0.1, 0.15) is 0 Å². The number of alkyl halides is 2. The number of nitrogens with zero attached hydrogens (tertiary/aromatic N) is 1. The molecule has 1 heterocycles. The van der Waals surface area contributed by atoms with E-state index in [0.717, 1.165) is 25.9 Å². The van der Waals surface area contributed by atoms with Crippen LogP contribution in [0.4, 0.5) is 8.78 Å². The van der Waals surface area contributed by atoms with E-state index in [2.05, 4.69) is 25.7 Å². The van der Waals surface area contributed by atoms with Crippen molar-refractivity contribution in [2.45, 2.75) is 64.0 Å². The van der Waals surface area contributed by atoms with Crippen molar-refractivity contribution in [1.82, 2.24) is 4.90 Å². The van der Waals surface area contributed by atoms with E-state index in [9.17, 15) is 8.78 Å². The second-order valence-corrected chi connectivity index (χ2v) is 6.86. The van der Waals surface area contributed by atoms with Crippen LogP contribution in [0, 0.1) is 5.41 Å². The molecule has 2 fully saturated rings. The highest BCUT2D eigenvalue weighted by molar-refractivity contribution is 5.04. The Labute approximate surface area is 103 Å². The fourth-order valence-electron chi connectivity index (χ4n) is 3.43. The minimum Gasteiger partial charge on any atom is -0.327 e. The van der Waals surface area contributed by atoms with Crippen molar-refractivity contribution in [3.63, 3.8) is 0 Å². The average molecular weight is 246 g/mol. The summed E-state index contributed by atoms with van der Waals surface area (Å²) < 4.78 is 26.9. The summed E-state index contributed by atoms with van der Waals surface area (Å²) in [6.07, 6.45) is 1.52. The van der Waals surface area contributed by atoms with Crippen molar-refractivity contribution in [3.8, 4) is 0 Å². The highest BCUT2D eigenvalue weighted by Crippen LogP contribution is 2.52. The SMILES string of the molecule is CC(C)(C)N1CCC2(CC1)CC(F)(F)C[C@@H]2N. The molecule has 1 aliphatic heterocycles. The van der Waals surface area contributed by atoms with Crippen LogP contribution in [0.3, 0.4) is 0 Å². The lowest BCUT2D eigenvalue weighted by molar-refractivity contribution is -0.0206. The summed E-state index contributed by atoms with van der Waals surface area (Å²) in [5, 5.41) is 0. The summed E-state index contributed by atoms with van der Waals surface area (Å²) >= 11 is 0. The average Bonchev–Trinajstić information content (AvgIpc) is 2.35. The Bertz CT molecular complexity index is 288. The summed E-state index contributed by atoms with van der Waals surface area (Å²) in [5.74, 6) is -2.54. The molecular weight excluding hydrogens is 222 g/mol. The number of hydrogen-bond donors (Lipinski definition) is 1. The van der Waals surface area contributed by atoms with Gasteiger partial charge in [-0.3, -0.25) is 4.90 Å². The summed E-state index contributed by atoms with van der Waals surface area (Å²) in [4.78, 5) is 2.38. The third-order valence-electron chi connectivity index (χ3n) is 4.62. The summed E-state index contributed by atoms with van der Waals surface area (Å²) in [6.45, 7) is 8.32. The van der Waals surface area contributed by atoms with E-state index in [1.807, 2.05) is 0 Å². The molecule has 0 aromatic rings. The molecule has 0 radical (unpaired) electrons. The first-order valence-electron chi connectivity index (χ1n) is 6.53. The van der Waals surface area contributed by atoms with Crippen LogP contribution in [0.5, 0.6) is 0 Å². The van der Waals surface area contributed by atoms with E-state index >= 15 is 0 Å². The maximum Gasteiger partial charge on any atom is 0.250 e. The first-order chi connectivity index (χ1) is 7.65. The summed E-state index contributed by atoms with van der Waals surface area (Å²) in [6, 6.07) is -0.320. The molecule has 1 aliphatic carbocycles. The molecule has 1 atom stereocenters. The smallest absolute Gasteiger partial charge is 0.250 e. The van der Waals surface area contributed by atoms with Gasteiger partial charge >= 0.3 is 0 Å². The fraction of sp³-hybridized carbons (Fsp3) is 1.00. The summed E-state index contributed by atoms with van der Waals surface area (Å²) in [7, 11) is 0. The topological polar surface area (TPSA) is 29.3 Å². The van der Waals surface area contributed by atoms with Crippen LogP contribution < -0.4 is 5.73 Å². The molecule has 0 unspecified atom stereocenters. The van der Waals surface area contributed by atoms with Crippen molar-refractivity contribution in [2.75, 3.05) is 13.1 Å². The first kappa shape index (κ1) is 13.2. The molecular formula is C13H24F2N2. The zero-order valence-electron chi connectivity index (χ0n) is 11.1. The lowest BCUT2D eigenvalue weighted by Gasteiger charge is -2.46. The predicted octanol–water partition coefficient (Wildman–Crippen LogP) is 2.62. The molecule has 100 valence electrons. The Kier molecular flexibility index (Phi) is 3.02. The number of piperidine rings is 1. The highest BCUT2D eigenvalue weighted by Gasteiger charge is 2.55. The lowest BCUT2D eigenvalue weighted by Crippen LogP contribution is -2.52. The minimum absolute atomic E-state index is 0.000844. The normalized spacial score (nSPS) is 33.2. The monoisotopic (exact) mass is 246 g/mol. The molecule has 0 aromatic carbocycles. The van der Waals surface area contributed by atoms with E-state index in [1.165, 1.54) is 0 Å². The lowest BCUT2D eigenvalue weighted by atomic mass is 9.73. The molecule has 4 heteroatoms. The third kappa shape index (κ3) is 2.48. The van der Waals surface area contributed by atoms with Gasteiger partial charge in [0.05, 0.1) is 0 Å². The van der Waals surface area contributed by atoms with Crippen LogP contribution in [0.1, 0.15) is 46.5 Å². The molecule has 0 bridgehead atoms. The standard InChI is InChI=1S/C13H24F2N2/c1-11(2,3)17-6-4-12(5-7-17)9-13(14,15)8-10(12)16/h10H,4-9,16H2,1-3H3/t10-/m0/s1. The van der Waals surface area contributed by atoms with Gasteiger partial charge in [0, 0.05) is 24.4 Å². The molecule has 2 N–H and O–H groups in total. The van der Waals surface area contributed by atoms with E-state index in [-0.39, 0.29) is 29.8 Å². The van der Waals surface area contributed by atoms with Crippen LogP contribution in [-0.2, 0) is 0 Å². The third-order valence-corrected chi connectivity index (χ3v) is 4.62. The first-order valence-corrected chi connectivity index (χ1v) is 6.53. The van der Waals surface area contributed by atoms with E-state index in [4.69, 9.17) is 5.73 Å². The van der Waals surface area contributed by atoms with Crippen LogP contribution in [0.15, 0.2) is 0 Å². The maximum atomic E-state index is 13.5. The number of hydrogen-bond acceptors (Lipinski definition) is 2. The molecule has 1 spiro atoms. The van der Waals surface area contributed by atoms with Gasteiger partial charge in [0.15, 0.2) is 0 Å². The van der Waals surface area contributed by atoms with Crippen LogP contribution in [-0.4, -0.2) is 35.5 Å². The van der Waals surface area contributed by atoms with Crippen molar-refractivity contribution < 1.29 is 8.78 Å². The second kappa shape index (κ2) is 3.89. The minimum atomic E-state index is -2.54. The second-order valence-electron chi connectivity index (χ2n) is 6.86. The number of halogens is 2. The van der Waals surface area contributed by atoms with E-state index in [0.29, 0.717) is 0 Å². The molecule has 1 saturated heterocycles. The predicted molar refractivity (Wildman–Crippen MR) is 65.1 cm³/mol. The zero-order chi connectivity index (χ0) is 12.9. The van der Waals surface area contributed by atoms with Crippen LogP contribution in [0.2, 0.25) is 0 Å². The van der Waals surface area contributed by atoms with Crippen LogP contribution in [0.25, 0.3) is 0 Å². The molecule has 17 heavy (non-hydrogen) atoms. The van der Waals surface area contributed by atoms with Crippen molar-refractivity contribution in [3.05, 3.63) is 0 Å². The van der Waals surface area contributed by atoms with Crippen molar-refractivity contribution in [2.24, 2.45) is 11.1 Å². The van der Waals surface area contributed by atoms with Crippen LogP contribution >= 0.6 is 0 Å². The molecule has 2 rings (SSSR count). The van der Waals surface area contributed by atoms with Gasteiger partial charge in [-0.05, 0) is 52.1 Å². The molecule has 0 amide bonds. The maximum absolute atomic E-state index is 13.5. The quantitative estimate of drug-likeness (QED) is 0.712. The van der Waals surface area contributed by atoms with Gasteiger partial charge in [-0.2, -0.15) is 0 Å². The Morgan fingerprint density at radius 1 is 1.18 bits per heavy atom. The van der Waals surface area contributed by atoms with Gasteiger partial charge in [-0.1, -0.05) is 0 Å². The highest BCUT2D eigenvalue weighted by atomic mass is 19.3. The summed E-state index contributed by atoms with van der Waals surface area (Å²) in [5.41, 5.74) is 5.81. The number of nitrogens with two attached hydrogens (primary N) is 1. The Morgan fingerprint density at radius 3 is 2.06 bits per heavy atom. The number of rotatable bonds is 0. The molecule has 1 saturated carbocycles. The van der Waals surface area contributed by atoms with E-state index in [1.54, 1.807) is 0 Å². The Balaban J connectivity index is 2.04. The van der Waals surface area contributed by atoms with Gasteiger partial charge < -0.3 is 5.73 Å².